The number of hydrogen-bond acceptors (Lipinski definition) is 3. The minimum absolute atomic E-state index is 0.282. The van der Waals surface area contributed by atoms with Crippen LogP contribution in [0.5, 0.6) is 0 Å². The molecule has 1 rings (SSSR count). The molecular formula is C5H9NO3. The minimum atomic E-state index is -1.19. The van der Waals surface area contributed by atoms with Crippen LogP contribution in [0.1, 0.15) is 6.92 Å². The van der Waals surface area contributed by atoms with E-state index in [2.05, 4.69) is 0 Å². The van der Waals surface area contributed by atoms with Gasteiger partial charge in [-0.25, -0.2) is 0 Å². The molecule has 1 saturated heterocycles. The minimum Gasteiger partial charge on any atom is -0.480 e. The van der Waals surface area contributed by atoms with Crippen molar-refractivity contribution in [1.82, 2.24) is 0 Å². The van der Waals surface area contributed by atoms with E-state index in [0.717, 1.165) is 0 Å². The van der Waals surface area contributed by atoms with Crippen molar-refractivity contribution < 1.29 is 14.6 Å². The quantitative estimate of drug-likeness (QED) is 0.480. The van der Waals surface area contributed by atoms with Crippen LogP contribution >= 0.6 is 0 Å². The largest absolute Gasteiger partial charge is 0.480 e. The van der Waals surface area contributed by atoms with E-state index in [4.69, 9.17) is 15.6 Å². The van der Waals surface area contributed by atoms with Crippen molar-refractivity contribution in [3.05, 3.63) is 0 Å². The van der Waals surface area contributed by atoms with Crippen LogP contribution < -0.4 is 5.73 Å². The summed E-state index contributed by atoms with van der Waals surface area (Å²) in [5.74, 6) is -1.01. The standard InChI is InChI=1S/C5H9NO3/c1-5(6,4(7)8)3-2-9-3/h3H,2,6H2,1H3,(H,7,8)/t3-,5+/m1/s1. The number of ether oxygens (including phenoxy) is 1. The van der Waals surface area contributed by atoms with Crippen molar-refractivity contribution >= 4 is 5.97 Å². The maximum Gasteiger partial charge on any atom is 0.326 e. The lowest BCUT2D eigenvalue weighted by atomic mass is 10.0. The Morgan fingerprint density at radius 2 is 2.44 bits per heavy atom. The summed E-state index contributed by atoms with van der Waals surface area (Å²) in [4.78, 5) is 10.3. The number of carbonyl (C=O) groups is 1. The Kier molecular flexibility index (Phi) is 1.22. The summed E-state index contributed by atoms with van der Waals surface area (Å²) in [5.41, 5.74) is 4.15. The van der Waals surface area contributed by atoms with E-state index in [0.29, 0.717) is 6.61 Å². The van der Waals surface area contributed by atoms with Crippen molar-refractivity contribution in [2.24, 2.45) is 5.73 Å². The Morgan fingerprint density at radius 1 is 2.00 bits per heavy atom. The lowest BCUT2D eigenvalue weighted by Gasteiger charge is -2.14. The molecule has 0 aromatic carbocycles. The SMILES string of the molecule is C[C@@](N)(C(=O)O)[C@H]1CO1. The first-order valence-corrected chi connectivity index (χ1v) is 2.69. The fourth-order valence-corrected chi connectivity index (χ4v) is 0.532. The van der Waals surface area contributed by atoms with Gasteiger partial charge in [0.1, 0.15) is 11.6 Å². The molecule has 0 aromatic heterocycles. The first-order valence-electron chi connectivity index (χ1n) is 2.69. The molecule has 2 atom stereocenters. The summed E-state index contributed by atoms with van der Waals surface area (Å²) in [6.07, 6.45) is -0.282. The molecule has 0 bridgehead atoms. The smallest absolute Gasteiger partial charge is 0.326 e. The number of epoxide rings is 1. The van der Waals surface area contributed by atoms with E-state index in [1.807, 2.05) is 0 Å². The molecule has 9 heavy (non-hydrogen) atoms. The third-order valence-corrected chi connectivity index (χ3v) is 1.46. The molecule has 0 aliphatic carbocycles. The van der Waals surface area contributed by atoms with E-state index in [1.165, 1.54) is 6.92 Å². The fraction of sp³-hybridized carbons (Fsp3) is 0.800. The third kappa shape index (κ3) is 1.04. The van der Waals surface area contributed by atoms with Gasteiger partial charge in [0.25, 0.3) is 0 Å². The number of carboxylic acid groups (broad SMARTS) is 1. The zero-order valence-corrected chi connectivity index (χ0v) is 5.13. The third-order valence-electron chi connectivity index (χ3n) is 1.46. The molecule has 4 heteroatoms. The molecular weight excluding hydrogens is 122 g/mol. The van der Waals surface area contributed by atoms with Crippen LogP contribution in [-0.4, -0.2) is 29.3 Å². The van der Waals surface area contributed by atoms with Crippen LogP contribution in [0.4, 0.5) is 0 Å². The molecule has 1 heterocycles. The highest BCUT2D eigenvalue weighted by atomic mass is 16.6. The molecule has 0 spiro atoms. The van der Waals surface area contributed by atoms with E-state index in [1.54, 1.807) is 0 Å². The molecule has 0 saturated carbocycles. The maximum absolute atomic E-state index is 10.3. The van der Waals surface area contributed by atoms with Gasteiger partial charge in [-0.05, 0) is 6.92 Å². The second-order valence-electron chi connectivity index (χ2n) is 2.41. The number of hydrogen-bond donors (Lipinski definition) is 2. The average molecular weight is 131 g/mol. The normalized spacial score (nSPS) is 31.1. The molecule has 0 amide bonds. The highest BCUT2D eigenvalue weighted by molar-refractivity contribution is 5.79. The van der Waals surface area contributed by atoms with Crippen molar-refractivity contribution in [2.45, 2.75) is 18.6 Å². The molecule has 1 aliphatic rings. The van der Waals surface area contributed by atoms with Gasteiger partial charge in [0.15, 0.2) is 0 Å². The molecule has 1 fully saturated rings. The lowest BCUT2D eigenvalue weighted by Crippen LogP contribution is -2.49. The Bertz CT molecular complexity index is 139. The first-order chi connectivity index (χ1) is 4.05. The predicted octanol–water partition coefficient (Wildman–Crippen LogP) is -0.813. The molecule has 0 aromatic rings. The van der Waals surface area contributed by atoms with E-state index >= 15 is 0 Å². The molecule has 0 unspecified atom stereocenters. The summed E-state index contributed by atoms with van der Waals surface area (Å²) >= 11 is 0. The average Bonchev–Trinajstić information content (AvgIpc) is 2.42. The summed E-state index contributed by atoms with van der Waals surface area (Å²) in [5, 5.41) is 8.45. The number of aliphatic carboxylic acids is 1. The van der Waals surface area contributed by atoms with Crippen LogP contribution in [0.15, 0.2) is 0 Å². The Morgan fingerprint density at radius 3 is 2.56 bits per heavy atom. The van der Waals surface area contributed by atoms with Crippen molar-refractivity contribution in [2.75, 3.05) is 6.61 Å². The van der Waals surface area contributed by atoms with Gasteiger partial charge in [0.2, 0.25) is 0 Å². The fourth-order valence-electron chi connectivity index (χ4n) is 0.532. The zero-order chi connectivity index (χ0) is 7.07. The van der Waals surface area contributed by atoms with Crippen LogP contribution in [0.3, 0.4) is 0 Å². The van der Waals surface area contributed by atoms with Gasteiger partial charge in [-0.15, -0.1) is 0 Å². The van der Waals surface area contributed by atoms with E-state index < -0.39 is 11.5 Å². The summed E-state index contributed by atoms with van der Waals surface area (Å²) in [6, 6.07) is 0. The summed E-state index contributed by atoms with van der Waals surface area (Å²) < 4.78 is 4.73. The van der Waals surface area contributed by atoms with Gasteiger partial charge in [0, 0.05) is 0 Å². The van der Waals surface area contributed by atoms with Gasteiger partial charge < -0.3 is 15.6 Å². The van der Waals surface area contributed by atoms with Gasteiger partial charge in [0.05, 0.1) is 6.61 Å². The molecule has 1 aliphatic heterocycles. The van der Waals surface area contributed by atoms with Crippen molar-refractivity contribution in [3.63, 3.8) is 0 Å². The molecule has 4 nitrogen and oxygen atoms in total. The van der Waals surface area contributed by atoms with Crippen molar-refractivity contribution in [1.29, 1.82) is 0 Å². The van der Waals surface area contributed by atoms with Crippen molar-refractivity contribution in [3.8, 4) is 0 Å². The second kappa shape index (κ2) is 1.68. The van der Waals surface area contributed by atoms with Gasteiger partial charge in [-0.2, -0.15) is 0 Å². The Hall–Kier alpha value is -0.610. The Labute approximate surface area is 52.6 Å². The zero-order valence-electron chi connectivity index (χ0n) is 5.13. The summed E-state index contributed by atoms with van der Waals surface area (Å²) in [7, 11) is 0. The van der Waals surface area contributed by atoms with Gasteiger partial charge in [-0.1, -0.05) is 0 Å². The van der Waals surface area contributed by atoms with Crippen LogP contribution in [0.2, 0.25) is 0 Å². The van der Waals surface area contributed by atoms with Crippen LogP contribution in [-0.2, 0) is 9.53 Å². The molecule has 3 N–H and O–H groups in total. The molecule has 52 valence electrons. The lowest BCUT2D eigenvalue weighted by molar-refractivity contribution is -0.143. The van der Waals surface area contributed by atoms with Gasteiger partial charge in [-0.3, -0.25) is 4.79 Å². The van der Waals surface area contributed by atoms with Crippen LogP contribution in [0, 0.1) is 0 Å². The van der Waals surface area contributed by atoms with E-state index in [-0.39, 0.29) is 6.10 Å². The second-order valence-corrected chi connectivity index (χ2v) is 2.41. The van der Waals surface area contributed by atoms with Crippen LogP contribution in [0.25, 0.3) is 0 Å². The monoisotopic (exact) mass is 131 g/mol. The predicted molar refractivity (Wildman–Crippen MR) is 30.0 cm³/mol. The number of rotatable bonds is 2. The number of carboxylic acids is 1. The topological polar surface area (TPSA) is 75.9 Å². The first kappa shape index (κ1) is 6.51. The Balaban J connectivity index is 2.59. The highest BCUT2D eigenvalue weighted by Gasteiger charge is 2.46. The number of nitrogens with two attached hydrogens (primary N) is 1. The molecule has 0 radical (unpaired) electrons. The van der Waals surface area contributed by atoms with Gasteiger partial charge >= 0.3 is 5.97 Å². The highest BCUT2D eigenvalue weighted by Crippen LogP contribution is 2.21. The summed E-state index contributed by atoms with van der Waals surface area (Å²) in [6.45, 7) is 1.92. The van der Waals surface area contributed by atoms with E-state index in [9.17, 15) is 4.79 Å². The maximum atomic E-state index is 10.3.